The Kier molecular flexibility index (Phi) is 4.22. The van der Waals surface area contributed by atoms with Gasteiger partial charge in [0.05, 0.1) is 23.4 Å². The van der Waals surface area contributed by atoms with Gasteiger partial charge in [0.25, 0.3) is 0 Å². The van der Waals surface area contributed by atoms with Crippen LogP contribution >= 0.6 is 11.3 Å². The summed E-state index contributed by atoms with van der Waals surface area (Å²) >= 11 is 1.54. The average molecular weight is 373 g/mol. The average Bonchev–Trinajstić information content (AvgIpc) is 3.08. The number of hydrogen-bond acceptors (Lipinski definition) is 5. The van der Waals surface area contributed by atoms with Crippen molar-refractivity contribution in [3.63, 3.8) is 0 Å². The molecule has 0 radical (unpaired) electrons. The molecule has 5 atom stereocenters. The molecule has 26 heavy (non-hydrogen) atoms. The lowest BCUT2D eigenvalue weighted by molar-refractivity contribution is -0.140. The molecule has 4 rings (SSSR count). The number of nitrogens with zero attached hydrogens (tertiary/aromatic N) is 2. The number of aryl methyl sites for hydroxylation is 1. The number of rotatable bonds is 2. The summed E-state index contributed by atoms with van der Waals surface area (Å²) in [4.78, 5) is 44.8. The summed E-state index contributed by atoms with van der Waals surface area (Å²) in [6.07, 6.45) is 6.75. The monoisotopic (exact) mass is 373 g/mol. The van der Waals surface area contributed by atoms with E-state index in [0.717, 1.165) is 29.9 Å². The van der Waals surface area contributed by atoms with Gasteiger partial charge in [0, 0.05) is 11.9 Å². The van der Waals surface area contributed by atoms with E-state index in [-0.39, 0.29) is 23.6 Å². The number of carbonyl (C=O) groups is 3. The number of anilines is 1. The minimum atomic E-state index is -0.609. The van der Waals surface area contributed by atoms with Crippen LogP contribution in [0.4, 0.5) is 5.13 Å². The van der Waals surface area contributed by atoms with Gasteiger partial charge < -0.3 is 5.32 Å². The van der Waals surface area contributed by atoms with E-state index in [9.17, 15) is 14.4 Å². The van der Waals surface area contributed by atoms with Crippen LogP contribution in [0.15, 0.2) is 12.2 Å². The molecule has 1 fully saturated rings. The largest absolute Gasteiger partial charge is 0.302 e. The third-order valence-electron chi connectivity index (χ3n) is 5.91. The van der Waals surface area contributed by atoms with Crippen LogP contribution in [0.5, 0.6) is 0 Å². The normalized spacial score (nSPS) is 33.2. The number of nitrogens with one attached hydrogen (secondary N) is 1. The van der Waals surface area contributed by atoms with Gasteiger partial charge in [0.15, 0.2) is 5.13 Å². The molecule has 0 spiro atoms. The number of fused-ring (bicyclic) bond motifs is 2. The molecule has 7 heteroatoms. The summed E-state index contributed by atoms with van der Waals surface area (Å²) in [7, 11) is 1.49. The first kappa shape index (κ1) is 17.4. The van der Waals surface area contributed by atoms with Crippen LogP contribution in [0.3, 0.4) is 0 Å². The Balaban J connectivity index is 1.57. The second kappa shape index (κ2) is 6.30. The highest BCUT2D eigenvalue weighted by Gasteiger charge is 2.53. The van der Waals surface area contributed by atoms with Crippen molar-refractivity contribution in [1.29, 1.82) is 0 Å². The molecule has 3 amide bonds. The summed E-state index contributed by atoms with van der Waals surface area (Å²) in [6.45, 7) is 4.15. The molecule has 3 aliphatic rings. The number of thiazole rings is 1. The fraction of sp³-hybridized carbons (Fsp3) is 0.579. The molecule has 1 saturated heterocycles. The van der Waals surface area contributed by atoms with Crippen LogP contribution in [0.25, 0.3) is 0 Å². The van der Waals surface area contributed by atoms with E-state index in [1.165, 1.54) is 23.3 Å². The van der Waals surface area contributed by atoms with Crippen molar-refractivity contribution in [1.82, 2.24) is 9.88 Å². The van der Waals surface area contributed by atoms with E-state index in [4.69, 9.17) is 0 Å². The van der Waals surface area contributed by atoms with E-state index < -0.39 is 17.8 Å². The van der Waals surface area contributed by atoms with Gasteiger partial charge in [-0.15, -0.1) is 11.3 Å². The van der Waals surface area contributed by atoms with Crippen LogP contribution < -0.4 is 5.32 Å². The molecule has 1 aromatic rings. The van der Waals surface area contributed by atoms with Gasteiger partial charge in [-0.3, -0.25) is 19.3 Å². The summed E-state index contributed by atoms with van der Waals surface area (Å²) < 4.78 is 0. The van der Waals surface area contributed by atoms with Crippen molar-refractivity contribution < 1.29 is 14.4 Å². The molecule has 0 aromatic carbocycles. The molecule has 0 bridgehead atoms. The highest BCUT2D eigenvalue weighted by molar-refractivity contribution is 7.15. The minimum absolute atomic E-state index is 0.103. The number of aromatic nitrogens is 1. The van der Waals surface area contributed by atoms with Crippen molar-refractivity contribution in [2.45, 2.75) is 33.1 Å². The number of carbonyl (C=O) groups excluding carboxylic acids is 3. The maximum absolute atomic E-state index is 13.0. The molecule has 6 nitrogen and oxygen atoms in total. The Labute approximate surface area is 156 Å². The predicted molar refractivity (Wildman–Crippen MR) is 98.5 cm³/mol. The third-order valence-corrected chi connectivity index (χ3v) is 6.95. The molecular weight excluding hydrogens is 350 g/mol. The molecule has 1 aromatic heterocycles. The number of allylic oxidation sites excluding steroid dienone is 1. The maximum atomic E-state index is 13.0. The molecule has 2 heterocycles. The predicted octanol–water partition coefficient (Wildman–Crippen LogP) is 2.26. The number of likely N-dealkylation sites (tertiary alicyclic amines) is 1. The van der Waals surface area contributed by atoms with E-state index in [0.29, 0.717) is 11.0 Å². The van der Waals surface area contributed by atoms with Crippen LogP contribution in [-0.2, 0) is 27.2 Å². The van der Waals surface area contributed by atoms with Crippen LogP contribution in [0.1, 0.15) is 30.8 Å². The van der Waals surface area contributed by atoms with E-state index >= 15 is 0 Å². The fourth-order valence-electron chi connectivity index (χ4n) is 4.37. The Bertz CT molecular complexity index is 815. The molecule has 5 unspecified atom stereocenters. The molecule has 1 N–H and O–H groups in total. The van der Waals surface area contributed by atoms with Gasteiger partial charge in [-0.25, -0.2) is 4.98 Å². The second-order valence-electron chi connectivity index (χ2n) is 7.78. The smallest absolute Gasteiger partial charge is 0.236 e. The van der Waals surface area contributed by atoms with Gasteiger partial charge in [0.1, 0.15) is 0 Å². The summed E-state index contributed by atoms with van der Waals surface area (Å²) in [5.74, 6) is -1.84. The first-order valence-corrected chi connectivity index (χ1v) is 9.97. The van der Waals surface area contributed by atoms with Gasteiger partial charge in [-0.05, 0) is 31.1 Å². The van der Waals surface area contributed by atoms with Crippen LogP contribution in [0.2, 0.25) is 0 Å². The number of amides is 3. The first-order chi connectivity index (χ1) is 12.4. The molecular formula is C19H23N3O3S. The Morgan fingerprint density at radius 1 is 1.27 bits per heavy atom. The quantitative estimate of drug-likeness (QED) is 0.637. The third kappa shape index (κ3) is 2.69. The summed E-state index contributed by atoms with van der Waals surface area (Å²) in [5, 5.41) is 3.54. The SMILES string of the molecule is CC1CCc2nc(NC(=O)C3C(C)C=CC4C(=O)N(C)C(=O)C43)sc2C1. The standard InChI is InChI=1S/C19H23N3O3S/c1-9-4-7-12-13(8-9)26-19(20-12)21-16(23)14-10(2)5-6-11-15(14)18(25)22(3)17(11)24/h5-6,9-11,14-15H,4,7-8H2,1-3H3,(H,20,21,23). The van der Waals surface area contributed by atoms with Crippen LogP contribution in [-0.4, -0.2) is 34.7 Å². The minimum Gasteiger partial charge on any atom is -0.302 e. The van der Waals surface area contributed by atoms with Crippen molar-refractivity contribution in [3.05, 3.63) is 22.7 Å². The van der Waals surface area contributed by atoms with E-state index in [1.807, 2.05) is 13.0 Å². The maximum Gasteiger partial charge on any atom is 0.236 e. The molecule has 0 saturated carbocycles. The Morgan fingerprint density at radius 3 is 2.81 bits per heavy atom. The second-order valence-corrected chi connectivity index (χ2v) is 8.87. The van der Waals surface area contributed by atoms with Crippen molar-refractivity contribution in [3.8, 4) is 0 Å². The molecule has 1 aliphatic heterocycles. The number of imide groups is 1. The Hall–Kier alpha value is -2.02. The lowest BCUT2D eigenvalue weighted by Crippen LogP contribution is -2.41. The highest BCUT2D eigenvalue weighted by atomic mass is 32.1. The molecule has 2 aliphatic carbocycles. The van der Waals surface area contributed by atoms with Gasteiger partial charge >= 0.3 is 0 Å². The zero-order valence-electron chi connectivity index (χ0n) is 15.2. The van der Waals surface area contributed by atoms with E-state index in [2.05, 4.69) is 17.2 Å². The van der Waals surface area contributed by atoms with Crippen LogP contribution in [0, 0.1) is 29.6 Å². The lowest BCUT2D eigenvalue weighted by atomic mass is 9.71. The van der Waals surface area contributed by atoms with Crippen molar-refractivity contribution in [2.75, 3.05) is 12.4 Å². The van der Waals surface area contributed by atoms with Gasteiger partial charge in [0.2, 0.25) is 17.7 Å². The van der Waals surface area contributed by atoms with E-state index in [1.54, 1.807) is 6.08 Å². The number of hydrogen-bond donors (Lipinski definition) is 1. The van der Waals surface area contributed by atoms with Crippen molar-refractivity contribution in [2.24, 2.45) is 29.6 Å². The summed E-state index contributed by atoms with van der Waals surface area (Å²) in [5.41, 5.74) is 1.09. The summed E-state index contributed by atoms with van der Waals surface area (Å²) in [6, 6.07) is 0. The van der Waals surface area contributed by atoms with Crippen molar-refractivity contribution >= 4 is 34.2 Å². The van der Waals surface area contributed by atoms with Gasteiger partial charge in [-0.2, -0.15) is 0 Å². The molecule has 138 valence electrons. The van der Waals surface area contributed by atoms with Gasteiger partial charge in [-0.1, -0.05) is 26.0 Å². The zero-order valence-corrected chi connectivity index (χ0v) is 16.0. The topological polar surface area (TPSA) is 79.4 Å². The Morgan fingerprint density at radius 2 is 2.04 bits per heavy atom. The highest BCUT2D eigenvalue weighted by Crippen LogP contribution is 2.41. The fourth-order valence-corrected chi connectivity index (χ4v) is 5.54. The first-order valence-electron chi connectivity index (χ1n) is 9.16. The lowest BCUT2D eigenvalue weighted by Gasteiger charge is -2.30. The zero-order chi connectivity index (χ0) is 18.6.